The highest BCUT2D eigenvalue weighted by atomic mass is 16.5. The highest BCUT2D eigenvalue weighted by Crippen LogP contribution is 2.25. The van der Waals surface area contributed by atoms with Gasteiger partial charge >= 0.3 is 0 Å². The summed E-state index contributed by atoms with van der Waals surface area (Å²) in [7, 11) is 0. The summed E-state index contributed by atoms with van der Waals surface area (Å²) in [6.07, 6.45) is 4.68. The number of H-pyrrole nitrogens is 3. The molecular formula is C78H69N15O6. The second kappa shape index (κ2) is 33.6. The summed E-state index contributed by atoms with van der Waals surface area (Å²) in [6.45, 7) is 2.61. The first-order valence-electron chi connectivity index (χ1n) is 32.5. The lowest BCUT2D eigenvalue weighted by Gasteiger charge is -2.09. The van der Waals surface area contributed by atoms with Crippen molar-refractivity contribution in [2.75, 3.05) is 13.2 Å². The van der Waals surface area contributed by atoms with Crippen molar-refractivity contribution in [2.24, 2.45) is 0 Å². The first-order valence-corrected chi connectivity index (χ1v) is 32.5. The third-order valence-electron chi connectivity index (χ3n) is 15.8. The topological polar surface area (TPSA) is 257 Å². The number of aromatic nitrogens is 15. The van der Waals surface area contributed by atoms with Gasteiger partial charge in [0.2, 0.25) is 5.82 Å². The van der Waals surface area contributed by atoms with Crippen LogP contribution >= 0.6 is 0 Å². The van der Waals surface area contributed by atoms with Gasteiger partial charge in [0, 0.05) is 29.0 Å². The number of para-hydroxylation sites is 3. The Morgan fingerprint density at radius 3 is 1.00 bits per heavy atom. The summed E-state index contributed by atoms with van der Waals surface area (Å²) in [5, 5.41) is 44.8. The van der Waals surface area contributed by atoms with E-state index in [1.807, 2.05) is 152 Å². The zero-order valence-corrected chi connectivity index (χ0v) is 54.1. The van der Waals surface area contributed by atoms with E-state index in [0.717, 1.165) is 110 Å². The van der Waals surface area contributed by atoms with E-state index in [9.17, 15) is 0 Å². The van der Waals surface area contributed by atoms with Gasteiger partial charge < -0.3 is 28.4 Å². The van der Waals surface area contributed by atoms with Crippen LogP contribution in [0.1, 0.15) is 67.9 Å². The maximum Gasteiger partial charge on any atom is 0.211 e. The summed E-state index contributed by atoms with van der Waals surface area (Å²) < 4.78 is 35.2. The molecule has 492 valence electrons. The number of nitrogens with zero attached hydrogens (tertiary/aromatic N) is 12. The molecule has 15 rings (SSSR count). The van der Waals surface area contributed by atoms with Gasteiger partial charge in [-0.05, 0) is 168 Å². The van der Waals surface area contributed by atoms with Crippen LogP contribution in [0.25, 0.3) is 32.7 Å². The van der Waals surface area contributed by atoms with Crippen LogP contribution < -0.4 is 28.4 Å². The van der Waals surface area contributed by atoms with Crippen molar-refractivity contribution in [1.29, 1.82) is 0 Å². The number of hydrogen-bond acceptors (Lipinski definition) is 18. The number of aryl methyl sites for hydroxylation is 2. The minimum Gasteiger partial charge on any atom is -0.493 e. The van der Waals surface area contributed by atoms with E-state index in [1.54, 1.807) is 0 Å². The summed E-state index contributed by atoms with van der Waals surface area (Å²) in [6, 6.07) is 85.5. The minimum absolute atomic E-state index is 0.283. The van der Waals surface area contributed by atoms with Crippen molar-refractivity contribution in [3.8, 4) is 34.5 Å². The molecule has 0 atom stereocenters. The van der Waals surface area contributed by atoms with Crippen molar-refractivity contribution in [3.05, 3.63) is 323 Å². The average Bonchev–Trinajstić information content (AvgIpc) is 2.34. The van der Waals surface area contributed by atoms with E-state index < -0.39 is 0 Å². The number of ether oxygens (including phenoxy) is 6. The first kappa shape index (κ1) is 64.9. The molecule has 0 aliphatic carbocycles. The number of nitrogens with one attached hydrogen (secondary N) is 3. The van der Waals surface area contributed by atoms with Crippen molar-refractivity contribution < 1.29 is 28.4 Å². The van der Waals surface area contributed by atoms with Gasteiger partial charge in [-0.15, -0.1) is 30.6 Å². The second-order valence-corrected chi connectivity index (χ2v) is 23.0. The number of rotatable bonds is 27. The molecule has 0 unspecified atom stereocenters. The fourth-order valence-corrected chi connectivity index (χ4v) is 10.7. The Balaban J connectivity index is 0.000000133. The van der Waals surface area contributed by atoms with Crippen molar-refractivity contribution in [1.82, 2.24) is 76.8 Å². The van der Waals surface area contributed by atoms with Crippen LogP contribution in [0.15, 0.2) is 255 Å². The van der Waals surface area contributed by atoms with E-state index >= 15 is 0 Å². The molecule has 99 heavy (non-hydrogen) atoms. The molecule has 3 N–H and O–H groups in total. The van der Waals surface area contributed by atoms with E-state index in [2.05, 4.69) is 180 Å². The molecule has 0 radical (unpaired) electrons. The number of fused-ring (bicyclic) bond motifs is 3. The number of hydrogen-bond donors (Lipinski definition) is 3. The first-order chi connectivity index (χ1) is 48.9. The zero-order chi connectivity index (χ0) is 66.9. The minimum atomic E-state index is 0.283. The molecule has 0 saturated heterocycles. The van der Waals surface area contributed by atoms with Gasteiger partial charge in [-0.2, -0.15) is 15.6 Å². The third-order valence-corrected chi connectivity index (χ3v) is 15.8. The Hall–Kier alpha value is -12.8. The molecule has 6 aromatic heterocycles. The number of tetrazole rings is 3. The van der Waals surface area contributed by atoms with E-state index in [1.165, 1.54) is 33.4 Å². The molecule has 0 spiro atoms. The van der Waals surface area contributed by atoms with Gasteiger partial charge in [0.15, 0.2) is 18.3 Å². The Kier molecular flexibility index (Phi) is 22.0. The van der Waals surface area contributed by atoms with Crippen molar-refractivity contribution >= 4 is 32.7 Å². The summed E-state index contributed by atoms with van der Waals surface area (Å²) in [5.74, 6) is 6.77. The number of aromatic amines is 3. The molecule has 0 saturated carbocycles. The van der Waals surface area contributed by atoms with Gasteiger partial charge in [-0.25, -0.2) is 15.0 Å². The van der Waals surface area contributed by atoms with Crippen LogP contribution in [-0.4, -0.2) is 90.0 Å². The number of pyridine rings is 3. The van der Waals surface area contributed by atoms with Crippen molar-refractivity contribution in [3.63, 3.8) is 0 Å². The molecule has 6 heterocycles. The van der Waals surface area contributed by atoms with Gasteiger partial charge in [-0.3, -0.25) is 0 Å². The predicted molar refractivity (Wildman–Crippen MR) is 375 cm³/mol. The monoisotopic (exact) mass is 1310 g/mol. The van der Waals surface area contributed by atoms with Crippen LogP contribution in [0.3, 0.4) is 0 Å². The lowest BCUT2D eigenvalue weighted by Crippen LogP contribution is -2.03. The SMILES string of the molecule is c1cc(CCc2cccc(OCc3nn[nH]n3)c2)cc(OCc2ccc3ccccc3n2)c1.c1cc(Cc2ccc(OCCc3nn[nH]n3)cc2)cc(OCc2ccc3ccccc3n2)c1.c1ccc2nc(COc3ccc(Cc4ccc(OCCc5nn[nH]n5)cc4)cc3)ccc2c1. The van der Waals surface area contributed by atoms with Crippen LogP contribution in [0.2, 0.25) is 0 Å². The Morgan fingerprint density at radius 1 is 0.253 bits per heavy atom. The van der Waals surface area contributed by atoms with Gasteiger partial charge in [0.05, 0.1) is 46.8 Å². The fourth-order valence-electron chi connectivity index (χ4n) is 10.7. The molecule has 0 aliphatic rings. The summed E-state index contributed by atoms with van der Waals surface area (Å²) in [5.41, 5.74) is 12.9. The second-order valence-electron chi connectivity index (χ2n) is 23.0. The van der Waals surface area contributed by atoms with Crippen LogP contribution in [0.5, 0.6) is 34.5 Å². The molecule has 21 nitrogen and oxygen atoms in total. The molecule has 21 heteroatoms. The molecular weight excluding hydrogens is 1240 g/mol. The van der Waals surface area contributed by atoms with E-state index in [-0.39, 0.29) is 6.61 Å². The van der Waals surface area contributed by atoms with Crippen LogP contribution in [-0.2, 0) is 65.0 Å². The van der Waals surface area contributed by atoms with Crippen LogP contribution in [0.4, 0.5) is 0 Å². The quantitative estimate of drug-likeness (QED) is 0.0432. The van der Waals surface area contributed by atoms with Gasteiger partial charge in [0.1, 0.15) is 54.3 Å². The lowest BCUT2D eigenvalue weighted by atomic mass is 10.0. The average molecular weight is 1310 g/mol. The molecule has 0 aliphatic heterocycles. The normalized spacial score (nSPS) is 10.9. The molecule has 0 fully saturated rings. The Morgan fingerprint density at radius 2 is 0.596 bits per heavy atom. The molecule has 15 aromatic rings. The fraction of sp³-hybridized carbons (Fsp3) is 0.154. The maximum absolute atomic E-state index is 6.02. The molecule has 0 amide bonds. The van der Waals surface area contributed by atoms with Crippen LogP contribution in [0, 0.1) is 0 Å². The number of benzene rings is 9. The standard InChI is InChI=1S/3C26H23N5O2/c1-2-10-25-21(7-1)13-14-22(27-25)17-32-23-8-3-5-19(15-23)11-12-20-6-4-9-24(16-20)33-18-26-28-30-31-29-26;1-2-7-25-21(5-1)10-11-22(27-25)18-33-24-6-3-4-20(17-24)16-19-8-12-23(13-9-19)32-15-14-26-28-30-31-29-26;1-2-4-25-21(3-1)9-10-22(27-25)18-33-24-13-7-20(8-14-24)17-19-5-11-23(12-6-19)32-16-15-26-28-30-31-29-26/h1-10,13-16H,11-12,17-18H2,(H,28,29,30,31);1-13,17H,14-16,18H2,(H,28,29,30,31);1-14H,15-18H2,(H,28,29,30,31). The molecule has 9 aromatic carbocycles. The third kappa shape index (κ3) is 19.7. The van der Waals surface area contributed by atoms with E-state index in [0.29, 0.717) is 63.3 Å². The van der Waals surface area contributed by atoms with Gasteiger partial charge in [0.25, 0.3) is 0 Å². The molecule has 0 bridgehead atoms. The van der Waals surface area contributed by atoms with E-state index in [4.69, 9.17) is 28.4 Å². The summed E-state index contributed by atoms with van der Waals surface area (Å²) in [4.78, 5) is 14.0. The highest BCUT2D eigenvalue weighted by molar-refractivity contribution is 5.80. The largest absolute Gasteiger partial charge is 0.493 e. The van der Waals surface area contributed by atoms with Gasteiger partial charge in [-0.1, -0.05) is 161 Å². The smallest absolute Gasteiger partial charge is 0.211 e. The zero-order valence-electron chi connectivity index (χ0n) is 54.1. The predicted octanol–water partition coefficient (Wildman–Crippen LogP) is 13.8. The highest BCUT2D eigenvalue weighted by Gasteiger charge is 2.10. The maximum atomic E-state index is 6.02. The Labute approximate surface area is 570 Å². The van der Waals surface area contributed by atoms with Crippen molar-refractivity contribution in [2.45, 2.75) is 65.0 Å². The Bertz CT molecular complexity index is 4950. The summed E-state index contributed by atoms with van der Waals surface area (Å²) >= 11 is 0. The lowest BCUT2D eigenvalue weighted by molar-refractivity contribution is 0.295.